The molecule has 0 spiro atoms. The summed E-state index contributed by atoms with van der Waals surface area (Å²) in [5.74, 6) is -1.01. The molecular formula is C14H16Cl2N2O3. The Hall–Kier alpha value is -1.46. The Morgan fingerprint density at radius 3 is 2.19 bits per heavy atom. The van der Waals surface area contributed by atoms with Crippen LogP contribution in [0.15, 0.2) is 18.2 Å². The Bertz CT molecular complexity index is 537. The van der Waals surface area contributed by atoms with E-state index in [1.807, 2.05) is 0 Å². The number of hydrogen-bond acceptors (Lipinski definition) is 2. The lowest BCUT2D eigenvalue weighted by molar-refractivity contribution is -0.145. The monoisotopic (exact) mass is 330 g/mol. The van der Waals surface area contributed by atoms with Crippen molar-refractivity contribution in [3.63, 3.8) is 0 Å². The number of rotatable bonds is 3. The van der Waals surface area contributed by atoms with E-state index in [9.17, 15) is 14.7 Å². The number of amides is 2. The largest absolute Gasteiger partial charge is 0.480 e. The smallest absolute Gasteiger partial charge is 0.329 e. The van der Waals surface area contributed by atoms with Gasteiger partial charge in [0.2, 0.25) is 0 Å². The van der Waals surface area contributed by atoms with Crippen LogP contribution in [0.4, 0.5) is 10.5 Å². The molecule has 0 atom stereocenters. The van der Waals surface area contributed by atoms with Crippen molar-refractivity contribution in [2.75, 3.05) is 5.32 Å². The molecule has 3 N–H and O–H groups in total. The van der Waals surface area contributed by atoms with Crippen molar-refractivity contribution in [2.24, 2.45) is 0 Å². The number of aliphatic carboxylic acids is 1. The van der Waals surface area contributed by atoms with Gasteiger partial charge in [-0.3, -0.25) is 0 Å². The highest BCUT2D eigenvalue weighted by Gasteiger charge is 2.41. The first-order valence-corrected chi connectivity index (χ1v) is 7.47. The van der Waals surface area contributed by atoms with E-state index in [1.165, 1.54) is 0 Å². The van der Waals surface area contributed by atoms with Crippen molar-refractivity contribution in [1.82, 2.24) is 5.32 Å². The molecule has 0 aromatic heterocycles. The maximum atomic E-state index is 12.1. The SMILES string of the molecule is O=C(Nc1c(Cl)cccc1Cl)NC1(C(=O)O)CCCCC1. The predicted octanol–water partition coefficient (Wildman–Crippen LogP) is 3.90. The Labute approximate surface area is 132 Å². The third-order valence-corrected chi connectivity index (χ3v) is 4.30. The highest BCUT2D eigenvalue weighted by molar-refractivity contribution is 6.39. The summed E-state index contributed by atoms with van der Waals surface area (Å²) in [6.07, 6.45) is 3.38. The van der Waals surface area contributed by atoms with Crippen LogP contribution in [0.2, 0.25) is 10.0 Å². The molecule has 1 aromatic carbocycles. The summed E-state index contributed by atoms with van der Waals surface area (Å²) < 4.78 is 0. The number of benzene rings is 1. The summed E-state index contributed by atoms with van der Waals surface area (Å²) in [5.41, 5.74) is -0.939. The fourth-order valence-corrected chi connectivity index (χ4v) is 3.02. The van der Waals surface area contributed by atoms with Gasteiger partial charge in [-0.2, -0.15) is 0 Å². The first kappa shape index (κ1) is 15.9. The van der Waals surface area contributed by atoms with Crippen LogP contribution in [0.25, 0.3) is 0 Å². The minimum atomic E-state index is -1.21. The highest BCUT2D eigenvalue weighted by Crippen LogP contribution is 2.31. The summed E-state index contributed by atoms with van der Waals surface area (Å²) in [4.78, 5) is 23.6. The number of carbonyl (C=O) groups is 2. The van der Waals surface area contributed by atoms with Gasteiger partial charge in [-0.25, -0.2) is 9.59 Å². The van der Waals surface area contributed by atoms with Crippen molar-refractivity contribution in [2.45, 2.75) is 37.6 Å². The Morgan fingerprint density at radius 2 is 1.67 bits per heavy atom. The maximum absolute atomic E-state index is 12.1. The van der Waals surface area contributed by atoms with E-state index >= 15 is 0 Å². The molecule has 1 aliphatic rings. The molecule has 0 unspecified atom stereocenters. The molecule has 0 bridgehead atoms. The van der Waals surface area contributed by atoms with Crippen molar-refractivity contribution < 1.29 is 14.7 Å². The van der Waals surface area contributed by atoms with Gasteiger partial charge in [0.05, 0.1) is 15.7 Å². The van der Waals surface area contributed by atoms with Crippen LogP contribution in [0.3, 0.4) is 0 Å². The number of anilines is 1. The van der Waals surface area contributed by atoms with Gasteiger partial charge < -0.3 is 15.7 Å². The van der Waals surface area contributed by atoms with Gasteiger partial charge in [0.15, 0.2) is 0 Å². The lowest BCUT2D eigenvalue weighted by atomic mass is 9.82. The van der Waals surface area contributed by atoms with Crippen LogP contribution in [0, 0.1) is 0 Å². The molecule has 0 heterocycles. The van der Waals surface area contributed by atoms with Crippen LogP contribution < -0.4 is 10.6 Å². The number of hydrogen-bond donors (Lipinski definition) is 3. The Morgan fingerprint density at radius 1 is 1.10 bits per heavy atom. The van der Waals surface area contributed by atoms with Gasteiger partial charge >= 0.3 is 12.0 Å². The third kappa shape index (κ3) is 3.60. The molecule has 21 heavy (non-hydrogen) atoms. The number of urea groups is 1. The summed E-state index contributed by atoms with van der Waals surface area (Å²) >= 11 is 11.9. The lowest BCUT2D eigenvalue weighted by Crippen LogP contribution is -2.56. The number of carboxylic acid groups (broad SMARTS) is 1. The zero-order chi connectivity index (χ0) is 15.5. The Balaban J connectivity index is 2.11. The topological polar surface area (TPSA) is 78.4 Å². The van der Waals surface area contributed by atoms with Crippen molar-refractivity contribution in [3.8, 4) is 0 Å². The minimum absolute atomic E-state index is 0.273. The molecule has 1 fully saturated rings. The van der Waals surface area contributed by atoms with Gasteiger partial charge in [0, 0.05) is 0 Å². The normalized spacial score (nSPS) is 17.0. The van der Waals surface area contributed by atoms with Crippen LogP contribution in [0.1, 0.15) is 32.1 Å². The van der Waals surface area contributed by atoms with Gasteiger partial charge in [0.1, 0.15) is 5.54 Å². The van der Waals surface area contributed by atoms with Crippen molar-refractivity contribution in [3.05, 3.63) is 28.2 Å². The molecule has 1 aromatic rings. The zero-order valence-electron chi connectivity index (χ0n) is 11.3. The molecule has 0 radical (unpaired) electrons. The number of para-hydroxylation sites is 1. The fraction of sp³-hybridized carbons (Fsp3) is 0.429. The summed E-state index contributed by atoms with van der Waals surface area (Å²) in [5, 5.41) is 15.1. The quantitative estimate of drug-likeness (QED) is 0.786. The Kier molecular flexibility index (Phi) is 4.96. The second-order valence-corrected chi connectivity index (χ2v) is 5.94. The number of halogens is 2. The first-order valence-electron chi connectivity index (χ1n) is 6.71. The van der Waals surface area contributed by atoms with E-state index in [4.69, 9.17) is 23.2 Å². The van der Waals surface area contributed by atoms with Crippen LogP contribution in [-0.4, -0.2) is 22.6 Å². The fourth-order valence-electron chi connectivity index (χ4n) is 2.53. The summed E-state index contributed by atoms with van der Waals surface area (Å²) in [6, 6.07) is 4.23. The highest BCUT2D eigenvalue weighted by atomic mass is 35.5. The van der Waals surface area contributed by atoms with E-state index in [-0.39, 0.29) is 5.69 Å². The van der Waals surface area contributed by atoms with Gasteiger partial charge in [-0.15, -0.1) is 0 Å². The first-order chi connectivity index (χ1) is 9.94. The van der Waals surface area contributed by atoms with Crippen LogP contribution in [-0.2, 0) is 4.79 Å². The van der Waals surface area contributed by atoms with E-state index < -0.39 is 17.5 Å². The average Bonchev–Trinajstić information content (AvgIpc) is 2.44. The molecule has 114 valence electrons. The van der Waals surface area contributed by atoms with Crippen molar-refractivity contribution in [1.29, 1.82) is 0 Å². The van der Waals surface area contributed by atoms with Gasteiger partial charge in [-0.05, 0) is 25.0 Å². The molecule has 2 rings (SSSR count). The third-order valence-electron chi connectivity index (χ3n) is 3.67. The predicted molar refractivity (Wildman–Crippen MR) is 82.1 cm³/mol. The van der Waals surface area contributed by atoms with Crippen LogP contribution in [0.5, 0.6) is 0 Å². The van der Waals surface area contributed by atoms with E-state index in [2.05, 4.69) is 10.6 Å². The number of carboxylic acids is 1. The molecular weight excluding hydrogens is 315 g/mol. The molecule has 0 aliphatic heterocycles. The molecule has 2 amide bonds. The second-order valence-electron chi connectivity index (χ2n) is 5.12. The molecule has 0 saturated heterocycles. The van der Waals surface area contributed by atoms with E-state index in [0.717, 1.165) is 19.3 Å². The molecule has 5 nitrogen and oxygen atoms in total. The summed E-state index contributed by atoms with van der Waals surface area (Å²) in [6.45, 7) is 0. The summed E-state index contributed by atoms with van der Waals surface area (Å²) in [7, 11) is 0. The second kappa shape index (κ2) is 6.54. The maximum Gasteiger partial charge on any atom is 0.329 e. The number of carbonyl (C=O) groups excluding carboxylic acids is 1. The van der Waals surface area contributed by atoms with Gasteiger partial charge in [-0.1, -0.05) is 48.5 Å². The standard InChI is InChI=1S/C14H16Cl2N2O3/c15-9-5-4-6-10(16)11(9)17-13(21)18-14(12(19)20)7-2-1-3-8-14/h4-6H,1-3,7-8H2,(H,19,20)(H2,17,18,21). The zero-order valence-corrected chi connectivity index (χ0v) is 12.8. The molecule has 1 aliphatic carbocycles. The lowest BCUT2D eigenvalue weighted by Gasteiger charge is -2.33. The van der Waals surface area contributed by atoms with Gasteiger partial charge in [0.25, 0.3) is 0 Å². The minimum Gasteiger partial charge on any atom is -0.480 e. The average molecular weight is 331 g/mol. The van der Waals surface area contributed by atoms with E-state index in [0.29, 0.717) is 22.9 Å². The molecule has 1 saturated carbocycles. The van der Waals surface area contributed by atoms with Crippen molar-refractivity contribution >= 4 is 40.9 Å². The number of nitrogens with one attached hydrogen (secondary N) is 2. The van der Waals surface area contributed by atoms with E-state index in [1.54, 1.807) is 18.2 Å². The molecule has 7 heteroatoms. The van der Waals surface area contributed by atoms with Crippen LogP contribution >= 0.6 is 23.2 Å².